The molecule has 196 valence electrons. The standard InChI is InChI=1S/C30H31N3O5/c1-19-11-12-20(2)22(18-19)32-15-7-13-30-25(28(36)33(16-17-34)26(30)29(32)37)24-23(38-30)10-6-14-31(27(24)35)21-8-4-3-5-9-21/h3-13,18,23-26,34H,14-17H2,1-2H3/t23-,24+,25+,26?,30+/m1/s1. The number of carbonyl (C=O) groups is 3. The Bertz CT molecular complexity index is 1350. The SMILES string of the molecule is Cc1ccc(C)c(N2CC=C[C@]34O[C@@H]5C=CCN(c6ccccc6)C(=O)[C@@H]5[C@H]3C(=O)N(CCO)C4C2=O)c1. The molecule has 0 bridgehead atoms. The molecule has 2 saturated heterocycles. The molecule has 2 aromatic carbocycles. The second-order valence-electron chi connectivity index (χ2n) is 10.5. The van der Waals surface area contributed by atoms with Crippen LogP contribution in [0.3, 0.4) is 0 Å². The lowest BCUT2D eigenvalue weighted by atomic mass is 9.77. The van der Waals surface area contributed by atoms with Gasteiger partial charge in [0, 0.05) is 31.0 Å². The molecule has 0 radical (unpaired) electrons. The van der Waals surface area contributed by atoms with Crippen LogP contribution in [0.1, 0.15) is 11.1 Å². The van der Waals surface area contributed by atoms with Gasteiger partial charge in [0.25, 0.3) is 5.91 Å². The van der Waals surface area contributed by atoms with Crippen molar-refractivity contribution in [3.63, 3.8) is 0 Å². The van der Waals surface area contributed by atoms with Crippen LogP contribution < -0.4 is 9.80 Å². The molecule has 5 atom stereocenters. The predicted molar refractivity (Wildman–Crippen MR) is 143 cm³/mol. The van der Waals surface area contributed by atoms with E-state index >= 15 is 0 Å². The quantitative estimate of drug-likeness (QED) is 0.634. The summed E-state index contributed by atoms with van der Waals surface area (Å²) in [5.74, 6) is -2.50. The van der Waals surface area contributed by atoms with Gasteiger partial charge in [-0.3, -0.25) is 14.4 Å². The summed E-state index contributed by atoms with van der Waals surface area (Å²) >= 11 is 0. The van der Waals surface area contributed by atoms with Gasteiger partial charge >= 0.3 is 0 Å². The molecule has 4 aliphatic heterocycles. The normalized spacial score (nSPS) is 30.3. The average Bonchev–Trinajstić information content (AvgIpc) is 3.21. The van der Waals surface area contributed by atoms with Gasteiger partial charge in [0.15, 0.2) is 0 Å². The Morgan fingerprint density at radius 2 is 1.71 bits per heavy atom. The summed E-state index contributed by atoms with van der Waals surface area (Å²) in [6.07, 6.45) is 6.79. The van der Waals surface area contributed by atoms with Crippen molar-refractivity contribution in [3.8, 4) is 0 Å². The minimum atomic E-state index is -1.31. The van der Waals surface area contributed by atoms with Crippen LogP contribution >= 0.6 is 0 Å². The van der Waals surface area contributed by atoms with E-state index in [9.17, 15) is 19.5 Å². The third kappa shape index (κ3) is 3.55. The molecule has 38 heavy (non-hydrogen) atoms. The summed E-state index contributed by atoms with van der Waals surface area (Å²) in [7, 11) is 0. The molecule has 1 unspecified atom stereocenters. The Hall–Kier alpha value is -3.75. The first-order valence-corrected chi connectivity index (χ1v) is 13.1. The van der Waals surface area contributed by atoms with Crippen molar-refractivity contribution >= 4 is 29.1 Å². The van der Waals surface area contributed by atoms with E-state index in [2.05, 4.69) is 0 Å². The van der Waals surface area contributed by atoms with Crippen molar-refractivity contribution in [2.24, 2.45) is 11.8 Å². The summed E-state index contributed by atoms with van der Waals surface area (Å²) in [4.78, 5) is 47.2. The molecule has 4 aliphatic rings. The number of aliphatic hydroxyl groups excluding tert-OH is 1. The minimum Gasteiger partial charge on any atom is -0.395 e. The molecule has 2 fully saturated rings. The summed E-state index contributed by atoms with van der Waals surface area (Å²) < 4.78 is 6.64. The third-order valence-corrected chi connectivity index (χ3v) is 8.22. The number of likely N-dealkylation sites (tertiary alicyclic amines) is 1. The first-order chi connectivity index (χ1) is 18.4. The summed E-state index contributed by atoms with van der Waals surface area (Å²) in [6.45, 7) is 4.28. The van der Waals surface area contributed by atoms with Crippen molar-refractivity contribution in [2.45, 2.75) is 31.6 Å². The van der Waals surface area contributed by atoms with Crippen LogP contribution in [0.5, 0.6) is 0 Å². The number of nitrogens with zero attached hydrogens (tertiary/aromatic N) is 3. The molecule has 1 spiro atoms. The van der Waals surface area contributed by atoms with E-state index in [4.69, 9.17) is 4.74 Å². The maximum Gasteiger partial charge on any atom is 0.253 e. The molecule has 8 heteroatoms. The van der Waals surface area contributed by atoms with Crippen molar-refractivity contribution in [1.29, 1.82) is 0 Å². The number of hydrogen-bond donors (Lipinski definition) is 1. The number of β-amino-alcohol motifs (C(OH)–C–C–N with tert-alkyl or cyclic N) is 1. The molecule has 3 amide bonds. The Balaban J connectivity index is 1.45. The van der Waals surface area contributed by atoms with Gasteiger partial charge in [0.1, 0.15) is 11.6 Å². The van der Waals surface area contributed by atoms with E-state index in [-0.39, 0.29) is 30.9 Å². The molecule has 0 saturated carbocycles. The molecule has 6 rings (SSSR count). The average molecular weight is 514 g/mol. The van der Waals surface area contributed by atoms with E-state index in [1.54, 1.807) is 9.80 Å². The molecule has 1 N–H and O–H groups in total. The van der Waals surface area contributed by atoms with Crippen molar-refractivity contribution in [2.75, 3.05) is 36.0 Å². The van der Waals surface area contributed by atoms with E-state index in [0.29, 0.717) is 13.1 Å². The van der Waals surface area contributed by atoms with Crippen molar-refractivity contribution in [3.05, 3.63) is 84.0 Å². The van der Waals surface area contributed by atoms with Crippen molar-refractivity contribution < 1.29 is 24.2 Å². The molecule has 0 aromatic heterocycles. The monoisotopic (exact) mass is 513 g/mol. The number of anilines is 2. The third-order valence-electron chi connectivity index (χ3n) is 8.22. The molecule has 0 aliphatic carbocycles. The summed E-state index contributed by atoms with van der Waals surface area (Å²) in [6, 6.07) is 14.3. The van der Waals surface area contributed by atoms with Crippen LogP contribution in [0, 0.1) is 25.7 Å². The Kier molecular flexibility index (Phi) is 5.96. The lowest BCUT2D eigenvalue weighted by Gasteiger charge is -2.35. The molecule has 4 heterocycles. The minimum absolute atomic E-state index is 0.0187. The van der Waals surface area contributed by atoms with Crippen LogP contribution in [0.2, 0.25) is 0 Å². The predicted octanol–water partition coefficient (Wildman–Crippen LogP) is 2.38. The zero-order valence-electron chi connectivity index (χ0n) is 21.5. The van der Waals surface area contributed by atoms with Gasteiger partial charge in [-0.2, -0.15) is 0 Å². The highest BCUT2D eigenvalue weighted by Crippen LogP contribution is 2.53. The molecule has 2 aromatic rings. The van der Waals surface area contributed by atoms with Crippen LogP contribution in [0.25, 0.3) is 0 Å². The maximum absolute atomic E-state index is 14.3. The number of amides is 3. The van der Waals surface area contributed by atoms with Gasteiger partial charge in [-0.15, -0.1) is 0 Å². The molecule has 8 nitrogen and oxygen atoms in total. The summed E-state index contributed by atoms with van der Waals surface area (Å²) in [5, 5.41) is 9.87. The number of fused-ring (bicyclic) bond motifs is 2. The van der Waals surface area contributed by atoms with E-state index in [1.165, 1.54) is 4.90 Å². The first kappa shape index (κ1) is 24.6. The zero-order valence-corrected chi connectivity index (χ0v) is 21.5. The highest BCUT2D eigenvalue weighted by molar-refractivity contribution is 6.07. The zero-order chi connectivity index (χ0) is 26.6. The fraction of sp³-hybridized carbons (Fsp3) is 0.367. The number of para-hydroxylation sites is 1. The number of aliphatic hydroxyl groups is 1. The number of benzene rings is 2. The number of rotatable bonds is 4. The maximum atomic E-state index is 14.3. The fourth-order valence-electron chi connectivity index (χ4n) is 6.55. The van der Waals surface area contributed by atoms with E-state index in [0.717, 1.165) is 22.5 Å². The number of hydrogen-bond acceptors (Lipinski definition) is 5. The second kappa shape index (κ2) is 9.22. The number of ether oxygens (including phenoxy) is 1. The van der Waals surface area contributed by atoms with Gasteiger partial charge in [-0.25, -0.2) is 0 Å². The highest BCUT2D eigenvalue weighted by Gasteiger charge is 2.71. The highest BCUT2D eigenvalue weighted by atomic mass is 16.5. The lowest BCUT2D eigenvalue weighted by Crippen LogP contribution is -2.55. The second-order valence-corrected chi connectivity index (χ2v) is 10.5. The van der Waals surface area contributed by atoms with Gasteiger partial charge in [-0.05, 0) is 43.2 Å². The van der Waals surface area contributed by atoms with Crippen LogP contribution in [0.4, 0.5) is 11.4 Å². The Morgan fingerprint density at radius 3 is 2.47 bits per heavy atom. The fourth-order valence-corrected chi connectivity index (χ4v) is 6.55. The van der Waals surface area contributed by atoms with Gasteiger partial charge in [0.2, 0.25) is 11.8 Å². The van der Waals surface area contributed by atoms with Gasteiger partial charge in [0.05, 0.1) is 24.5 Å². The lowest BCUT2D eigenvalue weighted by molar-refractivity contribution is -0.141. The van der Waals surface area contributed by atoms with Crippen LogP contribution in [-0.4, -0.2) is 71.7 Å². The number of aryl methyl sites for hydroxylation is 2. The van der Waals surface area contributed by atoms with Crippen LogP contribution in [0.15, 0.2) is 72.8 Å². The Morgan fingerprint density at radius 1 is 0.947 bits per heavy atom. The van der Waals surface area contributed by atoms with Crippen LogP contribution in [-0.2, 0) is 19.1 Å². The Labute approximate surface area is 221 Å². The largest absolute Gasteiger partial charge is 0.395 e. The van der Waals surface area contributed by atoms with Gasteiger partial charge in [-0.1, -0.05) is 54.6 Å². The van der Waals surface area contributed by atoms with E-state index < -0.39 is 29.6 Å². The van der Waals surface area contributed by atoms with Gasteiger partial charge < -0.3 is 24.5 Å². The summed E-state index contributed by atoms with van der Waals surface area (Å²) in [5.41, 5.74) is 2.16. The van der Waals surface area contributed by atoms with E-state index in [1.807, 2.05) is 86.7 Å². The smallest absolute Gasteiger partial charge is 0.253 e. The van der Waals surface area contributed by atoms with Crippen molar-refractivity contribution in [1.82, 2.24) is 4.90 Å². The topological polar surface area (TPSA) is 90.4 Å². The first-order valence-electron chi connectivity index (χ1n) is 13.1. The molecular formula is C30H31N3O5. The molecular weight excluding hydrogens is 482 g/mol. The number of carbonyl (C=O) groups excluding carboxylic acids is 3.